The molecular weight excluding hydrogens is 458 g/mol. The first-order valence-corrected chi connectivity index (χ1v) is 10.8. The molecule has 3 aromatic carbocycles. The highest BCUT2D eigenvalue weighted by atomic mass is 19.3. The number of carboxylic acids is 1. The van der Waals surface area contributed by atoms with E-state index in [9.17, 15) is 23.2 Å². The first-order valence-electron chi connectivity index (χ1n) is 10.8. The largest absolute Gasteiger partial charge is 0.481 e. The fraction of sp³-hybridized carbons (Fsp3) is 0.192. The molecule has 7 nitrogen and oxygen atoms in total. The molecule has 0 bridgehead atoms. The maximum absolute atomic E-state index is 14.4. The molecule has 0 unspecified atom stereocenters. The molecule has 9 heteroatoms. The SMILES string of the molecule is O=C(O)Cc1ccccc1NC(=O)C(F)(F)CNC(=O)OCC1c2ccccc2-c2ccccc21. The number of hydrogen-bond donors (Lipinski definition) is 3. The Bertz CT molecular complexity index is 1230. The van der Waals surface area contributed by atoms with Crippen LogP contribution in [0.5, 0.6) is 0 Å². The third-order valence-corrected chi connectivity index (χ3v) is 5.74. The number of carboxylic acid groups (broad SMARTS) is 1. The molecule has 35 heavy (non-hydrogen) atoms. The molecule has 2 amide bonds. The number of amides is 2. The van der Waals surface area contributed by atoms with Gasteiger partial charge in [-0.25, -0.2) is 4.79 Å². The lowest BCUT2D eigenvalue weighted by atomic mass is 9.98. The van der Waals surface area contributed by atoms with E-state index >= 15 is 0 Å². The van der Waals surface area contributed by atoms with Gasteiger partial charge >= 0.3 is 18.0 Å². The van der Waals surface area contributed by atoms with E-state index in [0.717, 1.165) is 22.3 Å². The monoisotopic (exact) mass is 480 g/mol. The molecule has 0 radical (unpaired) electrons. The zero-order chi connectivity index (χ0) is 25.0. The predicted molar refractivity (Wildman–Crippen MR) is 124 cm³/mol. The van der Waals surface area contributed by atoms with Crippen molar-refractivity contribution in [3.63, 3.8) is 0 Å². The third-order valence-electron chi connectivity index (χ3n) is 5.74. The summed E-state index contributed by atoms with van der Waals surface area (Å²) >= 11 is 0. The van der Waals surface area contributed by atoms with Crippen LogP contribution in [0.15, 0.2) is 72.8 Å². The van der Waals surface area contributed by atoms with Gasteiger partial charge in [-0.05, 0) is 33.9 Å². The van der Waals surface area contributed by atoms with Gasteiger partial charge in [0, 0.05) is 11.6 Å². The Morgan fingerprint density at radius 3 is 2.09 bits per heavy atom. The Balaban J connectivity index is 1.34. The standard InChI is InChI=1S/C26H22F2N2O5/c27-26(28,24(33)30-22-12-6-1-7-16(22)13-23(31)32)15-29-25(34)35-14-21-19-10-4-2-8-17(19)18-9-3-5-11-20(18)21/h1-12,21H,13-15H2,(H,29,34)(H,30,33)(H,31,32). The van der Waals surface area contributed by atoms with Gasteiger partial charge in [-0.2, -0.15) is 8.78 Å². The molecule has 0 saturated carbocycles. The number of anilines is 1. The van der Waals surface area contributed by atoms with E-state index in [1.54, 1.807) is 0 Å². The van der Waals surface area contributed by atoms with Crippen molar-refractivity contribution in [2.75, 3.05) is 18.5 Å². The minimum atomic E-state index is -3.96. The van der Waals surface area contributed by atoms with Crippen LogP contribution in [-0.4, -0.2) is 42.2 Å². The Hall–Kier alpha value is -4.27. The lowest BCUT2D eigenvalue weighted by molar-refractivity contribution is -0.139. The van der Waals surface area contributed by atoms with Gasteiger partial charge in [0.25, 0.3) is 5.91 Å². The molecule has 3 aromatic rings. The van der Waals surface area contributed by atoms with Crippen molar-refractivity contribution >= 4 is 23.7 Å². The van der Waals surface area contributed by atoms with Gasteiger partial charge in [0.1, 0.15) is 6.61 Å². The number of para-hydroxylation sites is 1. The molecule has 0 heterocycles. The van der Waals surface area contributed by atoms with E-state index in [-0.39, 0.29) is 23.8 Å². The highest BCUT2D eigenvalue weighted by Crippen LogP contribution is 2.44. The van der Waals surface area contributed by atoms with Crippen LogP contribution in [0, 0.1) is 0 Å². The smallest absolute Gasteiger partial charge is 0.407 e. The highest BCUT2D eigenvalue weighted by molar-refractivity contribution is 5.97. The molecule has 4 rings (SSSR count). The average molecular weight is 480 g/mol. The zero-order valence-corrected chi connectivity index (χ0v) is 18.5. The van der Waals surface area contributed by atoms with Crippen LogP contribution in [0.4, 0.5) is 19.3 Å². The molecule has 0 aromatic heterocycles. The Kier molecular flexibility index (Phi) is 6.77. The number of fused-ring (bicyclic) bond motifs is 3. The second-order valence-electron chi connectivity index (χ2n) is 8.07. The molecule has 1 aliphatic rings. The van der Waals surface area contributed by atoms with E-state index in [1.165, 1.54) is 24.3 Å². The Labute approximate surface area is 199 Å². The summed E-state index contributed by atoms with van der Waals surface area (Å²) in [4.78, 5) is 35.2. The number of nitrogens with one attached hydrogen (secondary N) is 2. The van der Waals surface area contributed by atoms with Gasteiger partial charge < -0.3 is 20.5 Å². The number of halogens is 2. The fourth-order valence-corrected chi connectivity index (χ4v) is 4.09. The molecule has 0 aliphatic heterocycles. The van der Waals surface area contributed by atoms with Crippen LogP contribution in [0.2, 0.25) is 0 Å². The number of alkyl halides is 2. The summed E-state index contributed by atoms with van der Waals surface area (Å²) in [5.74, 6) is -7.03. The summed E-state index contributed by atoms with van der Waals surface area (Å²) in [6, 6.07) is 21.2. The molecule has 0 saturated heterocycles. The molecule has 0 fully saturated rings. The summed E-state index contributed by atoms with van der Waals surface area (Å²) in [5.41, 5.74) is 4.15. The molecule has 0 spiro atoms. The average Bonchev–Trinajstić information content (AvgIpc) is 3.16. The van der Waals surface area contributed by atoms with Crippen LogP contribution >= 0.6 is 0 Å². The highest BCUT2D eigenvalue weighted by Gasteiger charge is 2.40. The topological polar surface area (TPSA) is 105 Å². The fourth-order valence-electron chi connectivity index (χ4n) is 4.09. The van der Waals surface area contributed by atoms with Gasteiger partial charge in [0.15, 0.2) is 0 Å². The molecule has 3 N–H and O–H groups in total. The number of carbonyl (C=O) groups excluding carboxylic acids is 2. The van der Waals surface area contributed by atoms with Crippen molar-refractivity contribution in [3.05, 3.63) is 89.5 Å². The maximum Gasteiger partial charge on any atom is 0.407 e. The number of hydrogen-bond acceptors (Lipinski definition) is 4. The summed E-state index contributed by atoms with van der Waals surface area (Å²) in [6.45, 7) is -1.34. The van der Waals surface area contributed by atoms with Gasteiger partial charge in [0.05, 0.1) is 13.0 Å². The van der Waals surface area contributed by atoms with E-state index in [1.807, 2.05) is 59.2 Å². The maximum atomic E-state index is 14.4. The summed E-state index contributed by atoms with van der Waals surface area (Å²) < 4.78 is 34.0. The minimum Gasteiger partial charge on any atom is -0.481 e. The minimum absolute atomic E-state index is 0.0410. The van der Waals surface area contributed by atoms with Gasteiger partial charge in [0.2, 0.25) is 0 Å². The first kappa shape index (κ1) is 23.9. The lowest BCUT2D eigenvalue weighted by Crippen LogP contribution is -2.45. The Morgan fingerprint density at radius 1 is 0.886 bits per heavy atom. The van der Waals surface area contributed by atoms with Crippen LogP contribution in [0.3, 0.4) is 0 Å². The molecule has 1 aliphatic carbocycles. The van der Waals surface area contributed by atoms with E-state index in [0.29, 0.717) is 0 Å². The van der Waals surface area contributed by atoms with E-state index in [4.69, 9.17) is 9.84 Å². The van der Waals surface area contributed by atoms with Crippen molar-refractivity contribution in [1.29, 1.82) is 0 Å². The van der Waals surface area contributed by atoms with E-state index in [2.05, 4.69) is 0 Å². The number of rotatable bonds is 8. The van der Waals surface area contributed by atoms with Gasteiger partial charge in [-0.15, -0.1) is 0 Å². The zero-order valence-electron chi connectivity index (χ0n) is 18.5. The van der Waals surface area contributed by atoms with Crippen LogP contribution in [0.1, 0.15) is 22.6 Å². The molecular formula is C26H22F2N2O5. The number of benzene rings is 3. The Morgan fingerprint density at radius 2 is 1.46 bits per heavy atom. The van der Waals surface area contributed by atoms with Crippen molar-refractivity contribution in [2.45, 2.75) is 18.3 Å². The first-order chi connectivity index (χ1) is 16.8. The van der Waals surface area contributed by atoms with Crippen molar-refractivity contribution in [3.8, 4) is 11.1 Å². The number of aliphatic carboxylic acids is 1. The second-order valence-corrected chi connectivity index (χ2v) is 8.07. The number of alkyl carbamates (subject to hydrolysis) is 1. The van der Waals surface area contributed by atoms with E-state index < -0.39 is 36.9 Å². The number of carbonyl (C=O) groups is 3. The van der Waals surface area contributed by atoms with Gasteiger partial charge in [-0.1, -0.05) is 66.7 Å². The second kappa shape index (κ2) is 9.92. The quantitative estimate of drug-likeness (QED) is 0.443. The van der Waals surface area contributed by atoms with Crippen LogP contribution < -0.4 is 10.6 Å². The van der Waals surface area contributed by atoms with Crippen molar-refractivity contribution < 1.29 is 33.0 Å². The molecule has 180 valence electrons. The summed E-state index contributed by atoms with van der Waals surface area (Å²) in [7, 11) is 0. The normalized spacial score (nSPS) is 12.4. The van der Waals surface area contributed by atoms with Crippen LogP contribution in [-0.2, 0) is 20.7 Å². The van der Waals surface area contributed by atoms with Crippen molar-refractivity contribution in [2.24, 2.45) is 0 Å². The van der Waals surface area contributed by atoms with Crippen LogP contribution in [0.25, 0.3) is 11.1 Å². The van der Waals surface area contributed by atoms with Crippen molar-refractivity contribution in [1.82, 2.24) is 5.32 Å². The summed E-state index contributed by atoms with van der Waals surface area (Å²) in [5, 5.41) is 12.9. The number of ether oxygens (including phenoxy) is 1. The third kappa shape index (κ3) is 5.29. The lowest BCUT2D eigenvalue weighted by Gasteiger charge is -2.19. The van der Waals surface area contributed by atoms with Gasteiger partial charge in [-0.3, -0.25) is 9.59 Å². The summed E-state index contributed by atoms with van der Waals surface area (Å²) in [6.07, 6.45) is -1.52. The predicted octanol–water partition coefficient (Wildman–Crippen LogP) is 4.43. The molecule has 0 atom stereocenters.